The first-order chi connectivity index (χ1) is 7.37. The number of hydrogen-bond donors (Lipinski definition) is 0. The molecule has 0 spiro atoms. The summed E-state index contributed by atoms with van der Waals surface area (Å²) in [4.78, 5) is 13.6. The lowest BCUT2D eigenvalue weighted by atomic mass is 9.89. The van der Waals surface area contributed by atoms with E-state index >= 15 is 0 Å². The van der Waals surface area contributed by atoms with Crippen LogP contribution in [0.1, 0.15) is 53.4 Å². The van der Waals surface area contributed by atoms with Gasteiger partial charge in [0.15, 0.2) is 0 Å². The second-order valence-electron chi connectivity index (χ2n) is 6.50. The summed E-state index contributed by atoms with van der Waals surface area (Å²) in [6, 6.07) is 0. The third kappa shape index (κ3) is 5.64. The topological polar surface area (TPSA) is 20.3 Å². The number of carbonyl (C=O) groups is 1. The van der Waals surface area contributed by atoms with Crippen molar-refractivity contribution < 1.29 is 4.79 Å². The van der Waals surface area contributed by atoms with Gasteiger partial charge in [-0.15, -0.1) is 0 Å². The number of piperidine rings is 1. The monoisotopic (exact) mass is 225 g/mol. The van der Waals surface area contributed by atoms with Crippen LogP contribution in [0.2, 0.25) is 0 Å². The van der Waals surface area contributed by atoms with Crippen LogP contribution in [-0.4, -0.2) is 30.3 Å². The molecule has 0 saturated carbocycles. The molecule has 1 saturated heterocycles. The van der Waals surface area contributed by atoms with Crippen molar-refractivity contribution in [1.82, 2.24) is 4.90 Å². The number of Topliss-reactive ketones (excluding diaryl/α,β-unsaturated/α-hetero) is 1. The Morgan fingerprint density at radius 2 is 1.81 bits per heavy atom. The van der Waals surface area contributed by atoms with Gasteiger partial charge in [0, 0.05) is 6.42 Å². The quantitative estimate of drug-likeness (QED) is 0.732. The van der Waals surface area contributed by atoms with Crippen molar-refractivity contribution in [3.63, 3.8) is 0 Å². The summed E-state index contributed by atoms with van der Waals surface area (Å²) >= 11 is 0. The van der Waals surface area contributed by atoms with Crippen molar-refractivity contribution in [2.75, 3.05) is 19.6 Å². The Bertz CT molecular complexity index is 221. The minimum Gasteiger partial charge on any atom is -0.303 e. The van der Waals surface area contributed by atoms with Crippen LogP contribution in [0.5, 0.6) is 0 Å². The molecule has 0 atom stereocenters. The van der Waals surface area contributed by atoms with Crippen molar-refractivity contribution in [3.8, 4) is 0 Å². The summed E-state index contributed by atoms with van der Waals surface area (Å²) in [6.07, 6.45) is 4.49. The second-order valence-corrected chi connectivity index (χ2v) is 6.50. The molecule has 2 heteroatoms. The first-order valence-electron chi connectivity index (χ1n) is 6.58. The van der Waals surface area contributed by atoms with Crippen LogP contribution in [0.25, 0.3) is 0 Å². The van der Waals surface area contributed by atoms with E-state index in [1.165, 1.54) is 38.9 Å². The molecular weight excluding hydrogens is 198 g/mol. The molecule has 0 aromatic carbocycles. The fraction of sp³-hybridized carbons (Fsp3) is 0.929. The zero-order valence-electron chi connectivity index (χ0n) is 11.4. The second kappa shape index (κ2) is 5.81. The molecule has 1 heterocycles. The molecule has 16 heavy (non-hydrogen) atoms. The summed E-state index contributed by atoms with van der Waals surface area (Å²) in [5.41, 5.74) is 0.441. The van der Waals surface area contributed by atoms with E-state index in [1.54, 1.807) is 6.92 Å². The maximum atomic E-state index is 11.0. The highest BCUT2D eigenvalue weighted by atomic mass is 16.1. The first kappa shape index (κ1) is 13.7. The van der Waals surface area contributed by atoms with Crippen LogP contribution in [0, 0.1) is 11.3 Å². The maximum absolute atomic E-state index is 11.0. The van der Waals surface area contributed by atoms with E-state index in [2.05, 4.69) is 25.7 Å². The molecule has 0 aromatic heterocycles. The Labute approximate surface area is 100 Å². The molecule has 0 aliphatic carbocycles. The number of carbonyl (C=O) groups excluding carboxylic acids is 1. The highest BCUT2D eigenvalue weighted by Crippen LogP contribution is 2.23. The molecule has 1 fully saturated rings. The molecule has 1 aliphatic heterocycles. The molecule has 1 aliphatic rings. The predicted octanol–water partition coefficient (Wildman–Crippen LogP) is 3.11. The highest BCUT2D eigenvalue weighted by molar-refractivity contribution is 5.75. The average Bonchev–Trinajstić information content (AvgIpc) is 2.14. The SMILES string of the molecule is CC(=O)CC1CCN(CCC(C)(C)C)CC1. The molecular formula is C14H27NO. The maximum Gasteiger partial charge on any atom is 0.130 e. The van der Waals surface area contributed by atoms with E-state index in [0.29, 0.717) is 17.1 Å². The molecule has 1 rings (SSSR count). The van der Waals surface area contributed by atoms with Gasteiger partial charge in [0.05, 0.1) is 0 Å². The predicted molar refractivity (Wildman–Crippen MR) is 68.5 cm³/mol. The summed E-state index contributed by atoms with van der Waals surface area (Å²) in [7, 11) is 0. The van der Waals surface area contributed by atoms with Crippen molar-refractivity contribution in [3.05, 3.63) is 0 Å². The van der Waals surface area contributed by atoms with Crippen molar-refractivity contribution in [2.45, 2.75) is 53.4 Å². The number of likely N-dealkylation sites (tertiary alicyclic amines) is 1. The Morgan fingerprint density at radius 3 is 2.25 bits per heavy atom. The molecule has 94 valence electrons. The van der Waals surface area contributed by atoms with Gasteiger partial charge in [-0.2, -0.15) is 0 Å². The van der Waals surface area contributed by atoms with Crippen molar-refractivity contribution >= 4 is 5.78 Å². The van der Waals surface area contributed by atoms with Gasteiger partial charge in [-0.05, 0) is 57.2 Å². The van der Waals surface area contributed by atoms with Crippen LogP contribution < -0.4 is 0 Å². The fourth-order valence-corrected chi connectivity index (χ4v) is 2.31. The van der Waals surface area contributed by atoms with Gasteiger partial charge in [0.25, 0.3) is 0 Å². The lowest BCUT2D eigenvalue weighted by molar-refractivity contribution is -0.118. The summed E-state index contributed by atoms with van der Waals surface area (Å²) < 4.78 is 0. The first-order valence-corrected chi connectivity index (χ1v) is 6.58. The molecule has 0 radical (unpaired) electrons. The number of ketones is 1. The molecule has 0 amide bonds. The largest absolute Gasteiger partial charge is 0.303 e. The van der Waals surface area contributed by atoms with Gasteiger partial charge < -0.3 is 9.69 Å². The van der Waals surface area contributed by atoms with Crippen molar-refractivity contribution in [2.24, 2.45) is 11.3 Å². The van der Waals surface area contributed by atoms with Crippen LogP contribution in [0.15, 0.2) is 0 Å². The molecule has 2 nitrogen and oxygen atoms in total. The summed E-state index contributed by atoms with van der Waals surface area (Å²) in [5.74, 6) is 1.01. The third-order valence-corrected chi connectivity index (χ3v) is 3.46. The lowest BCUT2D eigenvalue weighted by Crippen LogP contribution is -2.36. The lowest BCUT2D eigenvalue weighted by Gasteiger charge is -2.33. The van der Waals surface area contributed by atoms with Crippen LogP contribution >= 0.6 is 0 Å². The Morgan fingerprint density at radius 1 is 1.25 bits per heavy atom. The Balaban J connectivity index is 2.19. The summed E-state index contributed by atoms with van der Waals surface area (Å²) in [5, 5.41) is 0. The minimum atomic E-state index is 0.355. The van der Waals surface area contributed by atoms with E-state index in [9.17, 15) is 4.79 Å². The van der Waals surface area contributed by atoms with Crippen molar-refractivity contribution in [1.29, 1.82) is 0 Å². The highest BCUT2D eigenvalue weighted by Gasteiger charge is 2.21. The van der Waals surface area contributed by atoms with E-state index in [0.717, 1.165) is 6.42 Å². The molecule has 0 unspecified atom stereocenters. The van der Waals surface area contributed by atoms with Gasteiger partial charge in [-0.1, -0.05) is 20.8 Å². The zero-order valence-corrected chi connectivity index (χ0v) is 11.4. The van der Waals surface area contributed by atoms with Crippen LogP contribution in [0.3, 0.4) is 0 Å². The average molecular weight is 225 g/mol. The van der Waals surface area contributed by atoms with E-state index < -0.39 is 0 Å². The standard InChI is InChI=1S/C14H27NO/c1-12(16)11-13-5-8-15(9-6-13)10-7-14(2,3)4/h13H,5-11H2,1-4H3. The third-order valence-electron chi connectivity index (χ3n) is 3.46. The number of hydrogen-bond acceptors (Lipinski definition) is 2. The van der Waals surface area contributed by atoms with Crippen LogP contribution in [-0.2, 0) is 4.79 Å². The van der Waals surface area contributed by atoms with Gasteiger partial charge in [-0.3, -0.25) is 0 Å². The van der Waals surface area contributed by atoms with E-state index in [1.807, 2.05) is 0 Å². The number of nitrogens with zero attached hydrogens (tertiary/aromatic N) is 1. The molecule has 0 aromatic rings. The normalized spacial score (nSPS) is 20.0. The smallest absolute Gasteiger partial charge is 0.130 e. The summed E-state index contributed by atoms with van der Waals surface area (Å²) in [6.45, 7) is 12.2. The number of rotatable bonds is 4. The van der Waals surface area contributed by atoms with Gasteiger partial charge in [-0.25, -0.2) is 0 Å². The van der Waals surface area contributed by atoms with Gasteiger partial charge in [0.2, 0.25) is 0 Å². The Hall–Kier alpha value is -0.370. The van der Waals surface area contributed by atoms with E-state index in [-0.39, 0.29) is 0 Å². The van der Waals surface area contributed by atoms with Gasteiger partial charge in [0.1, 0.15) is 5.78 Å². The Kier molecular flexibility index (Phi) is 4.97. The van der Waals surface area contributed by atoms with E-state index in [4.69, 9.17) is 0 Å². The molecule has 0 N–H and O–H groups in total. The van der Waals surface area contributed by atoms with Gasteiger partial charge >= 0.3 is 0 Å². The fourth-order valence-electron chi connectivity index (χ4n) is 2.31. The minimum absolute atomic E-state index is 0.355. The molecule has 0 bridgehead atoms. The zero-order chi connectivity index (χ0) is 12.2. The van der Waals surface area contributed by atoms with Crippen LogP contribution in [0.4, 0.5) is 0 Å².